The van der Waals surface area contributed by atoms with Crippen molar-refractivity contribution in [2.24, 2.45) is 11.8 Å². The molecule has 1 saturated heterocycles. The Balaban J connectivity index is 2.45. The fraction of sp³-hybridized carbons (Fsp3) is 0.933. The summed E-state index contributed by atoms with van der Waals surface area (Å²) in [4.78, 5) is 14.1. The summed E-state index contributed by atoms with van der Waals surface area (Å²) < 4.78 is 5.10. The number of rotatable bonds is 7. The Morgan fingerprint density at radius 1 is 1.42 bits per heavy atom. The van der Waals surface area contributed by atoms with Gasteiger partial charge < -0.3 is 10.1 Å². The van der Waals surface area contributed by atoms with Gasteiger partial charge in [0.05, 0.1) is 12.5 Å². The summed E-state index contributed by atoms with van der Waals surface area (Å²) in [5.74, 6) is 0.597. The van der Waals surface area contributed by atoms with Crippen LogP contribution < -0.4 is 5.32 Å². The van der Waals surface area contributed by atoms with Crippen molar-refractivity contribution in [3.8, 4) is 0 Å². The summed E-state index contributed by atoms with van der Waals surface area (Å²) in [7, 11) is 0. The SMILES string of the molecule is CCOC(=O)C(C)CN(CC1CCCNC1)C(C)C. The average Bonchev–Trinajstić information content (AvgIpc) is 2.39. The van der Waals surface area contributed by atoms with Gasteiger partial charge in [-0.05, 0) is 52.6 Å². The summed E-state index contributed by atoms with van der Waals surface area (Å²) in [5, 5.41) is 3.46. The van der Waals surface area contributed by atoms with E-state index in [0.29, 0.717) is 18.6 Å². The predicted molar refractivity (Wildman–Crippen MR) is 78.1 cm³/mol. The largest absolute Gasteiger partial charge is 0.466 e. The summed E-state index contributed by atoms with van der Waals surface area (Å²) >= 11 is 0. The lowest BCUT2D eigenvalue weighted by Gasteiger charge is -2.34. The van der Waals surface area contributed by atoms with Gasteiger partial charge in [0, 0.05) is 19.1 Å². The molecule has 0 spiro atoms. The van der Waals surface area contributed by atoms with Crippen molar-refractivity contribution in [1.29, 1.82) is 0 Å². The third-order valence-electron chi connectivity index (χ3n) is 3.82. The van der Waals surface area contributed by atoms with Crippen LogP contribution >= 0.6 is 0 Å². The lowest BCUT2D eigenvalue weighted by molar-refractivity contribution is -0.148. The van der Waals surface area contributed by atoms with Crippen molar-refractivity contribution < 1.29 is 9.53 Å². The highest BCUT2D eigenvalue weighted by Gasteiger charge is 2.23. The van der Waals surface area contributed by atoms with E-state index in [2.05, 4.69) is 24.1 Å². The molecule has 0 aromatic heterocycles. The van der Waals surface area contributed by atoms with Crippen LogP contribution in [-0.4, -0.2) is 49.7 Å². The normalized spacial score (nSPS) is 21.7. The maximum atomic E-state index is 11.7. The number of ether oxygens (including phenoxy) is 1. The lowest BCUT2D eigenvalue weighted by Crippen LogP contribution is -2.44. The molecule has 0 aliphatic carbocycles. The van der Waals surface area contributed by atoms with Gasteiger partial charge in [-0.2, -0.15) is 0 Å². The van der Waals surface area contributed by atoms with Crippen molar-refractivity contribution >= 4 is 5.97 Å². The number of esters is 1. The Morgan fingerprint density at radius 3 is 2.68 bits per heavy atom. The molecule has 0 bridgehead atoms. The van der Waals surface area contributed by atoms with Gasteiger partial charge in [0.15, 0.2) is 0 Å². The molecule has 0 saturated carbocycles. The van der Waals surface area contributed by atoms with Gasteiger partial charge in [-0.25, -0.2) is 0 Å². The Kier molecular flexibility index (Phi) is 7.39. The molecule has 1 fully saturated rings. The van der Waals surface area contributed by atoms with Crippen molar-refractivity contribution in [1.82, 2.24) is 10.2 Å². The fourth-order valence-electron chi connectivity index (χ4n) is 2.62. The molecule has 0 aromatic rings. The van der Waals surface area contributed by atoms with Crippen LogP contribution in [0, 0.1) is 11.8 Å². The van der Waals surface area contributed by atoms with E-state index in [9.17, 15) is 4.79 Å². The molecule has 1 rings (SSSR count). The zero-order valence-corrected chi connectivity index (χ0v) is 12.9. The third kappa shape index (κ3) is 5.91. The molecule has 4 heteroatoms. The van der Waals surface area contributed by atoms with E-state index >= 15 is 0 Å². The van der Waals surface area contributed by atoms with E-state index in [1.54, 1.807) is 0 Å². The Bertz CT molecular complexity index is 263. The second-order valence-electron chi connectivity index (χ2n) is 5.91. The number of nitrogens with zero attached hydrogens (tertiary/aromatic N) is 1. The first kappa shape index (κ1) is 16.4. The Morgan fingerprint density at radius 2 is 2.16 bits per heavy atom. The number of carbonyl (C=O) groups is 1. The molecule has 1 aliphatic heterocycles. The van der Waals surface area contributed by atoms with E-state index in [1.807, 2.05) is 13.8 Å². The first-order valence-electron chi connectivity index (χ1n) is 7.66. The van der Waals surface area contributed by atoms with Gasteiger partial charge in [0.1, 0.15) is 0 Å². The first-order valence-corrected chi connectivity index (χ1v) is 7.66. The summed E-state index contributed by atoms with van der Waals surface area (Å²) in [6, 6.07) is 0.471. The van der Waals surface area contributed by atoms with Crippen LogP contribution in [0.5, 0.6) is 0 Å². The van der Waals surface area contributed by atoms with Crippen LogP contribution in [0.1, 0.15) is 40.5 Å². The maximum absolute atomic E-state index is 11.7. The number of hydrogen-bond acceptors (Lipinski definition) is 4. The molecule has 112 valence electrons. The smallest absolute Gasteiger partial charge is 0.309 e. The van der Waals surface area contributed by atoms with Gasteiger partial charge in [-0.3, -0.25) is 9.69 Å². The highest BCUT2D eigenvalue weighted by Crippen LogP contribution is 2.15. The fourth-order valence-corrected chi connectivity index (χ4v) is 2.62. The van der Waals surface area contributed by atoms with Gasteiger partial charge in [-0.1, -0.05) is 6.92 Å². The quantitative estimate of drug-likeness (QED) is 0.717. The number of carbonyl (C=O) groups excluding carboxylic acids is 1. The maximum Gasteiger partial charge on any atom is 0.309 e. The van der Waals surface area contributed by atoms with Gasteiger partial charge in [0.2, 0.25) is 0 Å². The zero-order valence-electron chi connectivity index (χ0n) is 12.9. The molecule has 2 unspecified atom stereocenters. The van der Waals surface area contributed by atoms with Gasteiger partial charge in [-0.15, -0.1) is 0 Å². The predicted octanol–water partition coefficient (Wildman–Crippen LogP) is 1.90. The molecular weight excluding hydrogens is 240 g/mol. The minimum Gasteiger partial charge on any atom is -0.466 e. The van der Waals surface area contributed by atoms with E-state index in [0.717, 1.165) is 26.2 Å². The minimum atomic E-state index is -0.0741. The van der Waals surface area contributed by atoms with Gasteiger partial charge >= 0.3 is 5.97 Å². The molecule has 0 radical (unpaired) electrons. The lowest BCUT2D eigenvalue weighted by atomic mass is 9.98. The topological polar surface area (TPSA) is 41.6 Å². The highest BCUT2D eigenvalue weighted by molar-refractivity contribution is 5.72. The summed E-state index contributed by atoms with van der Waals surface area (Å²) in [6.45, 7) is 12.8. The zero-order chi connectivity index (χ0) is 14.3. The molecule has 2 atom stereocenters. The molecule has 0 aromatic carbocycles. The van der Waals surface area contributed by atoms with Crippen molar-refractivity contribution in [3.63, 3.8) is 0 Å². The van der Waals surface area contributed by atoms with E-state index in [-0.39, 0.29) is 11.9 Å². The molecule has 1 N–H and O–H groups in total. The second-order valence-corrected chi connectivity index (χ2v) is 5.91. The van der Waals surface area contributed by atoms with E-state index in [4.69, 9.17) is 4.74 Å². The summed E-state index contributed by atoms with van der Waals surface area (Å²) in [5.41, 5.74) is 0. The molecular formula is C15H30N2O2. The first-order chi connectivity index (χ1) is 9.04. The van der Waals surface area contributed by atoms with E-state index < -0.39 is 0 Å². The molecule has 1 aliphatic rings. The van der Waals surface area contributed by atoms with Crippen LogP contribution in [0.15, 0.2) is 0 Å². The monoisotopic (exact) mass is 270 g/mol. The molecule has 0 amide bonds. The van der Waals surface area contributed by atoms with Crippen LogP contribution in [0.2, 0.25) is 0 Å². The number of hydrogen-bond donors (Lipinski definition) is 1. The average molecular weight is 270 g/mol. The van der Waals surface area contributed by atoms with Crippen LogP contribution in [0.4, 0.5) is 0 Å². The third-order valence-corrected chi connectivity index (χ3v) is 3.82. The number of nitrogens with one attached hydrogen (secondary N) is 1. The molecule has 19 heavy (non-hydrogen) atoms. The molecule has 1 heterocycles. The summed E-state index contributed by atoms with van der Waals surface area (Å²) in [6.07, 6.45) is 2.56. The molecule has 4 nitrogen and oxygen atoms in total. The second kappa shape index (κ2) is 8.54. The van der Waals surface area contributed by atoms with Crippen molar-refractivity contribution in [2.75, 3.05) is 32.8 Å². The standard InChI is InChI=1S/C15H30N2O2/c1-5-19-15(18)13(4)10-17(12(2)3)11-14-7-6-8-16-9-14/h12-14,16H,5-11H2,1-4H3. The Hall–Kier alpha value is -0.610. The Labute approximate surface area is 117 Å². The van der Waals surface area contributed by atoms with Crippen LogP contribution in [0.25, 0.3) is 0 Å². The van der Waals surface area contributed by atoms with Crippen LogP contribution in [-0.2, 0) is 9.53 Å². The van der Waals surface area contributed by atoms with Crippen molar-refractivity contribution in [2.45, 2.75) is 46.6 Å². The van der Waals surface area contributed by atoms with Gasteiger partial charge in [0.25, 0.3) is 0 Å². The van der Waals surface area contributed by atoms with E-state index in [1.165, 1.54) is 12.8 Å². The number of piperidine rings is 1. The van der Waals surface area contributed by atoms with Crippen LogP contribution in [0.3, 0.4) is 0 Å². The minimum absolute atomic E-state index is 0.0427. The van der Waals surface area contributed by atoms with Crippen molar-refractivity contribution in [3.05, 3.63) is 0 Å². The highest BCUT2D eigenvalue weighted by atomic mass is 16.5.